The van der Waals surface area contributed by atoms with Crippen molar-refractivity contribution in [1.29, 1.82) is 0 Å². The summed E-state index contributed by atoms with van der Waals surface area (Å²) in [7, 11) is 0. The van der Waals surface area contributed by atoms with Crippen molar-refractivity contribution in [2.75, 3.05) is 0 Å². The molecule has 0 radical (unpaired) electrons. The number of aryl methyl sites for hydroxylation is 1. The number of cyclic esters (lactones) is 1. The summed E-state index contributed by atoms with van der Waals surface area (Å²) in [6.07, 6.45) is 0.358. The number of nitrogens with one attached hydrogen (secondary N) is 1. The standard InChI is InChI=1S/C28H28FN3O5/c1-5-28(4)17-8-21-24-15(10-32(21)26(35)16(17)11-37-27(28)36)23-19(31-25(34)13(3)33)7-6-14-12(2)18(29)9-20(30-24)22(14)23/h8-9,13,19,33H,5-7,10-11H2,1-4H3,(H,31,34)/t13?,19-,28+/m0/s1. The molecule has 0 saturated carbocycles. The third kappa shape index (κ3) is 3.16. The summed E-state index contributed by atoms with van der Waals surface area (Å²) >= 11 is 0. The van der Waals surface area contributed by atoms with Gasteiger partial charge >= 0.3 is 5.97 Å². The van der Waals surface area contributed by atoms with E-state index in [-0.39, 0.29) is 30.5 Å². The first-order valence-electron chi connectivity index (χ1n) is 12.6. The van der Waals surface area contributed by atoms with Crippen LogP contribution in [0.2, 0.25) is 0 Å². The lowest BCUT2D eigenvalue weighted by atomic mass is 9.76. The number of nitrogens with zero attached hydrogens (tertiary/aromatic N) is 2. The van der Waals surface area contributed by atoms with Crippen molar-refractivity contribution in [3.05, 3.63) is 61.7 Å². The Bertz CT molecular complexity index is 1610. The van der Waals surface area contributed by atoms with Gasteiger partial charge in [0.05, 0.1) is 40.5 Å². The van der Waals surface area contributed by atoms with E-state index in [0.717, 1.165) is 22.1 Å². The lowest BCUT2D eigenvalue weighted by Gasteiger charge is -2.33. The van der Waals surface area contributed by atoms with E-state index in [1.807, 2.05) is 13.0 Å². The van der Waals surface area contributed by atoms with Crippen LogP contribution < -0.4 is 10.9 Å². The van der Waals surface area contributed by atoms with E-state index in [0.29, 0.717) is 52.9 Å². The van der Waals surface area contributed by atoms with Crippen molar-refractivity contribution in [1.82, 2.24) is 14.9 Å². The molecule has 8 nitrogen and oxygen atoms in total. The SMILES string of the molecule is CC[C@@]1(C)C(=O)OCc2c1cc1n(c2=O)Cc2c-1nc1cc(F)c(C)c3c1c2[C@@H](NC(=O)C(C)O)CC3. The number of hydrogen-bond donors (Lipinski definition) is 2. The maximum Gasteiger partial charge on any atom is 0.316 e. The van der Waals surface area contributed by atoms with Gasteiger partial charge in [0, 0.05) is 17.0 Å². The predicted octanol–water partition coefficient (Wildman–Crippen LogP) is 3.08. The quantitative estimate of drug-likeness (QED) is 0.414. The maximum absolute atomic E-state index is 14.9. The number of amides is 1. The number of carbonyl (C=O) groups excluding carboxylic acids is 2. The molecule has 3 atom stereocenters. The van der Waals surface area contributed by atoms with E-state index in [1.54, 1.807) is 18.4 Å². The first kappa shape index (κ1) is 23.8. The Balaban J connectivity index is 1.65. The molecule has 0 bridgehead atoms. The first-order valence-corrected chi connectivity index (χ1v) is 12.6. The zero-order valence-corrected chi connectivity index (χ0v) is 21.2. The van der Waals surface area contributed by atoms with Gasteiger partial charge in [-0.25, -0.2) is 9.37 Å². The Labute approximate surface area is 212 Å². The molecular formula is C28H28FN3O5. The van der Waals surface area contributed by atoms with Crippen LogP contribution in [0.15, 0.2) is 16.9 Å². The van der Waals surface area contributed by atoms with Gasteiger partial charge in [-0.05, 0) is 68.4 Å². The van der Waals surface area contributed by atoms with Crippen LogP contribution in [0, 0.1) is 12.7 Å². The molecule has 192 valence electrons. The van der Waals surface area contributed by atoms with Crippen LogP contribution in [0.1, 0.15) is 73.0 Å². The summed E-state index contributed by atoms with van der Waals surface area (Å²) in [6, 6.07) is 2.84. The van der Waals surface area contributed by atoms with Crippen LogP contribution in [0.5, 0.6) is 0 Å². The Morgan fingerprint density at radius 2 is 2.08 bits per heavy atom. The van der Waals surface area contributed by atoms with Crippen molar-refractivity contribution < 1.29 is 23.8 Å². The predicted molar refractivity (Wildman–Crippen MR) is 134 cm³/mol. The van der Waals surface area contributed by atoms with E-state index in [1.165, 1.54) is 13.0 Å². The Morgan fingerprint density at radius 1 is 1.32 bits per heavy atom. The number of aromatic nitrogens is 2. The van der Waals surface area contributed by atoms with Gasteiger partial charge in [-0.2, -0.15) is 0 Å². The topological polar surface area (TPSA) is 111 Å². The number of hydrogen-bond acceptors (Lipinski definition) is 6. The van der Waals surface area contributed by atoms with Gasteiger partial charge in [0.2, 0.25) is 5.91 Å². The normalized spacial score (nSPS) is 22.2. The number of carbonyl (C=O) groups is 2. The summed E-state index contributed by atoms with van der Waals surface area (Å²) in [4.78, 5) is 43.8. The average Bonchev–Trinajstić information content (AvgIpc) is 3.24. The number of fused-ring (bicyclic) bond motifs is 5. The summed E-state index contributed by atoms with van der Waals surface area (Å²) < 4.78 is 22.0. The number of pyridine rings is 2. The second-order valence-electron chi connectivity index (χ2n) is 10.6. The van der Waals surface area contributed by atoms with Crippen molar-refractivity contribution >= 4 is 22.8 Å². The van der Waals surface area contributed by atoms with Crippen LogP contribution in [0.4, 0.5) is 4.39 Å². The highest BCUT2D eigenvalue weighted by Crippen LogP contribution is 2.46. The first-order chi connectivity index (χ1) is 17.6. The summed E-state index contributed by atoms with van der Waals surface area (Å²) in [5.41, 5.74) is 4.48. The van der Waals surface area contributed by atoms with Gasteiger partial charge < -0.3 is 19.7 Å². The fourth-order valence-corrected chi connectivity index (χ4v) is 6.15. The number of ether oxygens (including phenoxy) is 1. The fourth-order valence-electron chi connectivity index (χ4n) is 6.15. The largest absolute Gasteiger partial charge is 0.460 e. The molecule has 6 rings (SSSR count). The van der Waals surface area contributed by atoms with Crippen LogP contribution in [-0.4, -0.2) is 32.6 Å². The minimum Gasteiger partial charge on any atom is -0.460 e. The summed E-state index contributed by atoms with van der Waals surface area (Å²) in [5.74, 6) is -1.22. The summed E-state index contributed by atoms with van der Waals surface area (Å²) in [6.45, 7) is 6.97. The number of aliphatic hydroxyl groups is 1. The van der Waals surface area contributed by atoms with Gasteiger partial charge in [-0.15, -0.1) is 0 Å². The van der Waals surface area contributed by atoms with E-state index >= 15 is 0 Å². The molecule has 3 aromatic rings. The van der Waals surface area contributed by atoms with Gasteiger partial charge in [-0.1, -0.05) is 6.92 Å². The molecule has 0 fully saturated rings. The van der Waals surface area contributed by atoms with Crippen LogP contribution in [-0.2, 0) is 39.3 Å². The Hall–Kier alpha value is -3.59. The van der Waals surface area contributed by atoms with Crippen molar-refractivity contribution in [3.8, 4) is 11.4 Å². The van der Waals surface area contributed by atoms with Crippen LogP contribution in [0.25, 0.3) is 22.3 Å². The number of benzene rings is 1. The van der Waals surface area contributed by atoms with Gasteiger partial charge in [-0.3, -0.25) is 14.4 Å². The molecule has 9 heteroatoms. The third-order valence-corrected chi connectivity index (χ3v) is 8.53. The second-order valence-corrected chi connectivity index (χ2v) is 10.6. The van der Waals surface area contributed by atoms with Gasteiger partial charge in [0.15, 0.2) is 0 Å². The Morgan fingerprint density at radius 3 is 2.78 bits per heavy atom. The zero-order chi connectivity index (χ0) is 26.4. The highest BCUT2D eigenvalue weighted by atomic mass is 19.1. The smallest absolute Gasteiger partial charge is 0.316 e. The molecule has 0 spiro atoms. The van der Waals surface area contributed by atoms with Crippen LogP contribution in [0.3, 0.4) is 0 Å². The monoisotopic (exact) mass is 505 g/mol. The maximum atomic E-state index is 14.9. The molecule has 1 amide bonds. The van der Waals surface area contributed by atoms with Crippen molar-refractivity contribution in [2.45, 2.75) is 77.7 Å². The molecule has 3 aliphatic rings. The van der Waals surface area contributed by atoms with Crippen molar-refractivity contribution in [2.24, 2.45) is 0 Å². The van der Waals surface area contributed by atoms with Crippen molar-refractivity contribution in [3.63, 3.8) is 0 Å². The molecule has 2 aliphatic heterocycles. The number of esters is 1. The molecule has 1 aliphatic carbocycles. The lowest BCUT2D eigenvalue weighted by molar-refractivity contribution is -0.153. The Kier molecular flexibility index (Phi) is 5.11. The molecule has 37 heavy (non-hydrogen) atoms. The van der Waals surface area contributed by atoms with E-state index in [2.05, 4.69) is 5.32 Å². The third-order valence-electron chi connectivity index (χ3n) is 8.53. The second kappa shape index (κ2) is 7.95. The molecule has 4 heterocycles. The minimum atomic E-state index is -1.18. The minimum absolute atomic E-state index is 0.0803. The van der Waals surface area contributed by atoms with E-state index < -0.39 is 23.5 Å². The molecule has 1 unspecified atom stereocenters. The highest BCUT2D eigenvalue weighted by Gasteiger charge is 2.44. The molecular weight excluding hydrogens is 477 g/mol. The van der Waals surface area contributed by atoms with Gasteiger partial charge in [0.1, 0.15) is 18.5 Å². The average molecular weight is 506 g/mol. The number of rotatable bonds is 3. The highest BCUT2D eigenvalue weighted by molar-refractivity contribution is 5.94. The van der Waals surface area contributed by atoms with Gasteiger partial charge in [0.25, 0.3) is 5.56 Å². The molecule has 1 aromatic carbocycles. The zero-order valence-electron chi connectivity index (χ0n) is 21.2. The number of aliphatic hydroxyl groups excluding tert-OH is 1. The number of halogens is 1. The lowest BCUT2D eigenvalue weighted by Crippen LogP contribution is -2.42. The summed E-state index contributed by atoms with van der Waals surface area (Å²) in [5, 5.41) is 13.6. The molecule has 0 saturated heterocycles. The van der Waals surface area contributed by atoms with Crippen LogP contribution >= 0.6 is 0 Å². The molecule has 2 N–H and O–H groups in total. The van der Waals surface area contributed by atoms with E-state index in [9.17, 15) is 23.9 Å². The fraction of sp³-hybridized carbons (Fsp3) is 0.429. The molecule has 2 aromatic heterocycles. The van der Waals surface area contributed by atoms with E-state index in [4.69, 9.17) is 9.72 Å².